The van der Waals surface area contributed by atoms with E-state index in [4.69, 9.17) is 0 Å². The molecule has 0 aromatic heterocycles. The largest absolute Gasteiger partial charge is 0.507 e. The van der Waals surface area contributed by atoms with E-state index >= 15 is 0 Å². The van der Waals surface area contributed by atoms with Crippen molar-refractivity contribution in [2.24, 2.45) is 0 Å². The first-order valence-corrected chi connectivity index (χ1v) is 7.91. The number of aromatic hydroxyl groups is 1. The summed E-state index contributed by atoms with van der Waals surface area (Å²) in [5.74, 6) is -12.9. The minimum atomic E-state index is -2.33. The first-order chi connectivity index (χ1) is 12.0. The second kappa shape index (κ2) is 7.05. The summed E-state index contributed by atoms with van der Waals surface area (Å²) in [6.07, 6.45) is 0. The first kappa shape index (κ1) is 19.9. The lowest BCUT2D eigenvalue weighted by Crippen LogP contribution is -2.14. The fourth-order valence-corrected chi connectivity index (χ4v) is 2.64. The van der Waals surface area contributed by atoms with Gasteiger partial charge < -0.3 is 5.11 Å². The standard InChI is InChI=1S/C19H17F5O2/c1-7(2)10-5-9(6-11(8(3)4)19(10)26)18(25)12-13(20)15(22)17(24)16(23)14(12)21/h5-8,26H,1-4H3. The highest BCUT2D eigenvalue weighted by Crippen LogP contribution is 2.36. The van der Waals surface area contributed by atoms with Gasteiger partial charge >= 0.3 is 0 Å². The third kappa shape index (κ3) is 3.18. The van der Waals surface area contributed by atoms with Crippen LogP contribution < -0.4 is 0 Å². The summed E-state index contributed by atoms with van der Waals surface area (Å²) >= 11 is 0. The quantitative estimate of drug-likeness (QED) is 0.330. The summed E-state index contributed by atoms with van der Waals surface area (Å²) < 4.78 is 67.9. The van der Waals surface area contributed by atoms with Gasteiger partial charge in [0.15, 0.2) is 29.1 Å². The van der Waals surface area contributed by atoms with Crippen molar-refractivity contribution in [2.75, 3.05) is 0 Å². The van der Waals surface area contributed by atoms with E-state index in [9.17, 15) is 31.9 Å². The van der Waals surface area contributed by atoms with Crippen LogP contribution in [-0.4, -0.2) is 10.9 Å². The zero-order valence-electron chi connectivity index (χ0n) is 14.6. The van der Waals surface area contributed by atoms with Crippen LogP contribution in [0.5, 0.6) is 5.75 Å². The summed E-state index contributed by atoms with van der Waals surface area (Å²) in [6, 6.07) is 2.40. The molecule has 1 N–H and O–H groups in total. The Labute approximate surface area is 147 Å². The number of halogens is 5. The predicted molar refractivity (Wildman–Crippen MR) is 85.9 cm³/mol. The van der Waals surface area contributed by atoms with Crippen LogP contribution in [0.2, 0.25) is 0 Å². The van der Waals surface area contributed by atoms with E-state index in [1.807, 2.05) is 0 Å². The van der Waals surface area contributed by atoms with Gasteiger partial charge in [-0.25, -0.2) is 22.0 Å². The van der Waals surface area contributed by atoms with Crippen molar-refractivity contribution in [1.29, 1.82) is 0 Å². The second-order valence-corrected chi connectivity index (χ2v) is 6.59. The summed E-state index contributed by atoms with van der Waals surface area (Å²) in [6.45, 7) is 6.91. The van der Waals surface area contributed by atoms with Gasteiger partial charge in [0.2, 0.25) is 5.82 Å². The van der Waals surface area contributed by atoms with Gasteiger partial charge in [0.1, 0.15) is 11.3 Å². The molecule has 0 saturated heterocycles. The van der Waals surface area contributed by atoms with Gasteiger partial charge in [0.25, 0.3) is 0 Å². The van der Waals surface area contributed by atoms with Gasteiger partial charge in [-0.15, -0.1) is 0 Å². The van der Waals surface area contributed by atoms with Gasteiger partial charge in [-0.05, 0) is 35.1 Å². The third-order valence-electron chi connectivity index (χ3n) is 4.11. The average Bonchev–Trinajstić information content (AvgIpc) is 2.57. The number of hydrogen-bond donors (Lipinski definition) is 1. The normalized spacial score (nSPS) is 11.5. The number of ketones is 1. The van der Waals surface area contributed by atoms with E-state index < -0.39 is 40.4 Å². The monoisotopic (exact) mass is 372 g/mol. The van der Waals surface area contributed by atoms with Crippen LogP contribution in [-0.2, 0) is 0 Å². The van der Waals surface area contributed by atoms with Crippen molar-refractivity contribution in [3.05, 3.63) is 63.5 Å². The number of benzene rings is 2. The highest BCUT2D eigenvalue weighted by molar-refractivity contribution is 6.09. The highest BCUT2D eigenvalue weighted by atomic mass is 19.2. The molecular formula is C19H17F5O2. The first-order valence-electron chi connectivity index (χ1n) is 7.91. The molecule has 7 heteroatoms. The zero-order valence-corrected chi connectivity index (χ0v) is 14.6. The molecule has 0 heterocycles. The van der Waals surface area contributed by atoms with Gasteiger partial charge in [-0.2, -0.15) is 0 Å². The molecule has 0 radical (unpaired) electrons. The molecule has 0 saturated carbocycles. The summed E-state index contributed by atoms with van der Waals surface area (Å²) in [5.41, 5.74) is -1.11. The van der Waals surface area contributed by atoms with Crippen LogP contribution in [0.15, 0.2) is 12.1 Å². The van der Waals surface area contributed by atoms with Gasteiger partial charge in [-0.1, -0.05) is 27.7 Å². The molecule has 2 aromatic carbocycles. The Morgan fingerprint density at radius 1 is 0.769 bits per heavy atom. The van der Waals surface area contributed by atoms with Gasteiger partial charge in [0.05, 0.1) is 0 Å². The molecule has 140 valence electrons. The van der Waals surface area contributed by atoms with Crippen molar-refractivity contribution in [3.63, 3.8) is 0 Å². The lowest BCUT2D eigenvalue weighted by atomic mass is 9.89. The van der Waals surface area contributed by atoms with Crippen LogP contribution in [0.25, 0.3) is 0 Å². The molecule has 26 heavy (non-hydrogen) atoms. The Kier molecular flexibility index (Phi) is 5.39. The SMILES string of the molecule is CC(C)c1cc(C(=O)c2c(F)c(F)c(F)c(F)c2F)cc(C(C)C)c1O. The fraction of sp³-hybridized carbons (Fsp3) is 0.316. The van der Waals surface area contributed by atoms with E-state index in [0.29, 0.717) is 11.1 Å². The van der Waals surface area contributed by atoms with Crippen molar-refractivity contribution in [2.45, 2.75) is 39.5 Å². The molecule has 0 unspecified atom stereocenters. The number of hydrogen-bond acceptors (Lipinski definition) is 2. The fourth-order valence-electron chi connectivity index (χ4n) is 2.64. The van der Waals surface area contributed by atoms with Crippen LogP contribution in [0, 0.1) is 29.1 Å². The summed E-state index contributed by atoms with van der Waals surface area (Å²) in [4.78, 5) is 12.5. The van der Waals surface area contributed by atoms with Crippen LogP contribution in [0.1, 0.15) is 66.6 Å². The molecule has 0 aliphatic carbocycles. The van der Waals surface area contributed by atoms with Crippen LogP contribution in [0.3, 0.4) is 0 Å². The highest BCUT2D eigenvalue weighted by Gasteiger charge is 2.31. The Morgan fingerprint density at radius 3 is 1.46 bits per heavy atom. The lowest BCUT2D eigenvalue weighted by Gasteiger charge is -2.17. The maximum Gasteiger partial charge on any atom is 0.200 e. The van der Waals surface area contributed by atoms with Crippen molar-refractivity contribution < 1.29 is 31.9 Å². The molecule has 0 amide bonds. The number of phenolic OH excluding ortho intramolecular Hbond substituents is 1. The summed E-state index contributed by atoms with van der Waals surface area (Å²) in [7, 11) is 0. The molecule has 2 rings (SSSR count). The van der Waals surface area contributed by atoms with Crippen LogP contribution in [0.4, 0.5) is 22.0 Å². The number of carbonyl (C=O) groups excluding carboxylic acids is 1. The van der Waals surface area contributed by atoms with E-state index in [2.05, 4.69) is 0 Å². The van der Waals surface area contributed by atoms with Crippen molar-refractivity contribution >= 4 is 5.78 Å². The predicted octanol–water partition coefficient (Wildman–Crippen LogP) is 5.57. The van der Waals surface area contributed by atoms with Crippen molar-refractivity contribution in [1.82, 2.24) is 0 Å². The molecule has 0 spiro atoms. The molecular weight excluding hydrogens is 355 g/mol. The molecule has 0 aliphatic rings. The third-order valence-corrected chi connectivity index (χ3v) is 4.11. The zero-order chi connectivity index (χ0) is 19.9. The lowest BCUT2D eigenvalue weighted by molar-refractivity contribution is 0.102. The molecule has 2 nitrogen and oxygen atoms in total. The minimum Gasteiger partial charge on any atom is -0.507 e. The summed E-state index contributed by atoms with van der Waals surface area (Å²) in [5, 5.41) is 10.3. The van der Waals surface area contributed by atoms with Gasteiger partial charge in [0, 0.05) is 5.56 Å². The molecule has 2 aromatic rings. The van der Waals surface area contributed by atoms with E-state index in [1.54, 1.807) is 27.7 Å². The van der Waals surface area contributed by atoms with Crippen molar-refractivity contribution in [3.8, 4) is 5.75 Å². The maximum atomic E-state index is 13.9. The molecule has 0 aliphatic heterocycles. The Balaban J connectivity index is 2.76. The second-order valence-electron chi connectivity index (χ2n) is 6.59. The Bertz CT molecular complexity index is 830. The van der Waals surface area contributed by atoms with Gasteiger partial charge in [-0.3, -0.25) is 4.79 Å². The number of carbonyl (C=O) groups is 1. The Morgan fingerprint density at radius 2 is 1.12 bits per heavy atom. The average molecular weight is 372 g/mol. The Hall–Kier alpha value is -2.44. The number of phenols is 1. The van der Waals surface area contributed by atoms with E-state index in [0.717, 1.165) is 0 Å². The number of rotatable bonds is 4. The topological polar surface area (TPSA) is 37.3 Å². The maximum absolute atomic E-state index is 13.9. The van der Waals surface area contributed by atoms with E-state index in [1.165, 1.54) is 12.1 Å². The molecule has 0 atom stereocenters. The van der Waals surface area contributed by atoms with E-state index in [-0.39, 0.29) is 23.1 Å². The minimum absolute atomic E-state index is 0.0658. The molecule has 0 fully saturated rings. The smallest absolute Gasteiger partial charge is 0.200 e. The molecule has 0 bridgehead atoms. The van der Waals surface area contributed by atoms with Crippen LogP contribution >= 0.6 is 0 Å².